The molecule has 10 heteroatoms. The molecule has 2 aliphatic rings. The number of nitrogens with zero attached hydrogens (tertiary/aromatic N) is 2. The Hall–Kier alpha value is -3.59. The van der Waals surface area contributed by atoms with E-state index in [-0.39, 0.29) is 11.9 Å². The van der Waals surface area contributed by atoms with Gasteiger partial charge in [0.2, 0.25) is 0 Å². The van der Waals surface area contributed by atoms with E-state index in [4.69, 9.17) is 21.2 Å². The molecule has 0 bridgehead atoms. The number of rotatable bonds is 6. The van der Waals surface area contributed by atoms with Crippen LogP contribution in [0.25, 0.3) is 0 Å². The largest absolute Gasteiger partial charge is 0.462 e. The monoisotopic (exact) mass is 498 g/mol. The number of oxime groups is 1. The maximum Gasteiger partial charge on any atom is 0.338 e. The summed E-state index contributed by atoms with van der Waals surface area (Å²) in [7, 11) is 0. The molecule has 0 saturated carbocycles. The fourth-order valence-corrected chi connectivity index (χ4v) is 4.15. The molecule has 1 saturated heterocycles. The smallest absolute Gasteiger partial charge is 0.338 e. The number of piperidine rings is 1. The van der Waals surface area contributed by atoms with Crippen LogP contribution in [0.1, 0.15) is 42.1 Å². The summed E-state index contributed by atoms with van der Waals surface area (Å²) in [6.07, 6.45) is 1.55. The second-order valence-corrected chi connectivity index (χ2v) is 8.95. The second-order valence-electron chi connectivity index (χ2n) is 8.51. The van der Waals surface area contributed by atoms with Gasteiger partial charge in [-0.1, -0.05) is 28.9 Å². The molecular weight excluding hydrogens is 472 g/mol. The summed E-state index contributed by atoms with van der Waals surface area (Å²) in [5.74, 6) is -0.660. The highest BCUT2D eigenvalue weighted by molar-refractivity contribution is 6.39. The number of carbonyl (C=O) groups excluding carboxylic acids is 3. The molecule has 0 unspecified atom stereocenters. The molecule has 1 spiro atoms. The second kappa shape index (κ2) is 10.8. The van der Waals surface area contributed by atoms with E-state index in [9.17, 15) is 14.4 Å². The first-order chi connectivity index (χ1) is 16.9. The van der Waals surface area contributed by atoms with Crippen LogP contribution in [0.3, 0.4) is 0 Å². The van der Waals surface area contributed by atoms with Crippen LogP contribution in [0.15, 0.2) is 53.7 Å². The number of esters is 1. The average molecular weight is 499 g/mol. The number of carbonyl (C=O) groups is 3. The lowest BCUT2D eigenvalue weighted by atomic mass is 9.87. The summed E-state index contributed by atoms with van der Waals surface area (Å²) < 4.78 is 4.96. The third kappa shape index (κ3) is 6.10. The highest BCUT2D eigenvalue weighted by atomic mass is 35.5. The van der Waals surface area contributed by atoms with E-state index >= 15 is 0 Å². The Bertz CT molecular complexity index is 1110. The van der Waals surface area contributed by atoms with Gasteiger partial charge in [0.15, 0.2) is 0 Å². The fraction of sp³-hybridized carbons (Fsp3) is 0.360. The van der Waals surface area contributed by atoms with Crippen molar-refractivity contribution in [2.75, 3.05) is 25.0 Å². The third-order valence-electron chi connectivity index (χ3n) is 6.08. The molecular formula is C25H27ClN4O5. The minimum Gasteiger partial charge on any atom is -0.462 e. The number of nitrogens with one attached hydrogen (secondary N) is 2. The number of hydrogen-bond acceptors (Lipinski definition) is 6. The van der Waals surface area contributed by atoms with Crippen LogP contribution < -0.4 is 10.6 Å². The molecule has 0 aliphatic carbocycles. The standard InChI is InChI=1S/C25H27ClN4O5/c1-2-34-23(32)18-5-9-20(10-6-18)28-24(33)30-13-11-25(12-14-30)15-21(29-35-25)22(31)27-16-17-3-7-19(26)8-4-17/h3-10H,2,11-16H2,1H3,(H,27,31)(H,28,33). The minimum absolute atomic E-state index is 0.233. The first-order valence-corrected chi connectivity index (χ1v) is 11.9. The fourth-order valence-electron chi connectivity index (χ4n) is 4.02. The SMILES string of the molecule is CCOC(=O)c1ccc(NC(=O)N2CCC3(CC2)CC(C(=O)NCc2ccc(Cl)cc2)=NO3)cc1. The minimum atomic E-state index is -0.564. The molecule has 2 aliphatic heterocycles. The number of ether oxygens (including phenoxy) is 1. The Labute approximate surface area is 208 Å². The van der Waals surface area contributed by atoms with E-state index in [1.165, 1.54) is 0 Å². The molecule has 2 aromatic carbocycles. The van der Waals surface area contributed by atoms with Crippen molar-refractivity contribution in [2.45, 2.75) is 38.3 Å². The molecule has 0 radical (unpaired) electrons. The first kappa shape index (κ1) is 24.5. The van der Waals surface area contributed by atoms with Crippen LogP contribution in [0.2, 0.25) is 5.02 Å². The van der Waals surface area contributed by atoms with Crippen molar-refractivity contribution in [3.63, 3.8) is 0 Å². The van der Waals surface area contributed by atoms with Crippen molar-refractivity contribution in [1.29, 1.82) is 0 Å². The molecule has 1 fully saturated rings. The molecule has 0 aromatic heterocycles. The summed E-state index contributed by atoms with van der Waals surface area (Å²) in [5.41, 5.74) is 1.75. The molecule has 4 rings (SSSR count). The Balaban J connectivity index is 1.23. The predicted molar refractivity (Wildman–Crippen MR) is 131 cm³/mol. The van der Waals surface area contributed by atoms with Gasteiger partial charge in [-0.15, -0.1) is 0 Å². The van der Waals surface area contributed by atoms with Gasteiger partial charge in [-0.25, -0.2) is 9.59 Å². The highest BCUT2D eigenvalue weighted by Crippen LogP contribution is 2.35. The summed E-state index contributed by atoms with van der Waals surface area (Å²) in [4.78, 5) is 44.4. The van der Waals surface area contributed by atoms with E-state index in [1.807, 2.05) is 12.1 Å². The van der Waals surface area contributed by atoms with Crippen LogP contribution in [0.4, 0.5) is 10.5 Å². The van der Waals surface area contributed by atoms with Crippen LogP contribution in [-0.4, -0.2) is 53.8 Å². The Kier molecular flexibility index (Phi) is 7.55. The van der Waals surface area contributed by atoms with E-state index in [0.717, 1.165) is 5.56 Å². The number of amides is 3. The summed E-state index contributed by atoms with van der Waals surface area (Å²) in [5, 5.41) is 10.4. The Morgan fingerprint density at radius 1 is 1.09 bits per heavy atom. The summed E-state index contributed by atoms with van der Waals surface area (Å²) in [6.45, 7) is 3.37. The number of urea groups is 1. The lowest BCUT2D eigenvalue weighted by Gasteiger charge is -2.37. The quantitative estimate of drug-likeness (QED) is 0.585. The number of likely N-dealkylation sites (tertiary alicyclic amines) is 1. The van der Waals surface area contributed by atoms with E-state index in [0.29, 0.717) is 67.5 Å². The Morgan fingerprint density at radius 2 is 1.77 bits per heavy atom. The molecule has 9 nitrogen and oxygen atoms in total. The van der Waals surface area contributed by atoms with E-state index in [1.54, 1.807) is 48.2 Å². The molecule has 0 atom stereocenters. The van der Waals surface area contributed by atoms with Crippen molar-refractivity contribution in [3.05, 3.63) is 64.7 Å². The van der Waals surface area contributed by atoms with Crippen molar-refractivity contribution in [2.24, 2.45) is 5.16 Å². The predicted octanol–water partition coefficient (Wildman–Crippen LogP) is 3.98. The van der Waals surface area contributed by atoms with Gasteiger partial charge in [-0.3, -0.25) is 4.79 Å². The number of halogens is 1. The maximum atomic E-state index is 12.7. The zero-order valence-corrected chi connectivity index (χ0v) is 20.1. The van der Waals surface area contributed by atoms with Crippen LogP contribution in [0.5, 0.6) is 0 Å². The van der Waals surface area contributed by atoms with Gasteiger partial charge >= 0.3 is 12.0 Å². The van der Waals surface area contributed by atoms with Gasteiger partial charge in [0.05, 0.1) is 12.2 Å². The van der Waals surface area contributed by atoms with Crippen LogP contribution in [0, 0.1) is 0 Å². The zero-order valence-electron chi connectivity index (χ0n) is 19.4. The van der Waals surface area contributed by atoms with Crippen molar-refractivity contribution < 1.29 is 24.0 Å². The van der Waals surface area contributed by atoms with Gasteiger partial charge < -0.3 is 25.1 Å². The van der Waals surface area contributed by atoms with Gasteiger partial charge in [0.25, 0.3) is 5.91 Å². The van der Waals surface area contributed by atoms with Crippen LogP contribution in [-0.2, 0) is 20.9 Å². The third-order valence-corrected chi connectivity index (χ3v) is 6.33. The van der Waals surface area contributed by atoms with E-state index in [2.05, 4.69) is 15.8 Å². The van der Waals surface area contributed by atoms with Gasteiger partial charge in [0.1, 0.15) is 11.3 Å². The lowest BCUT2D eigenvalue weighted by molar-refractivity contribution is -0.115. The molecule has 184 valence electrons. The van der Waals surface area contributed by atoms with Crippen molar-refractivity contribution >= 4 is 40.9 Å². The van der Waals surface area contributed by atoms with Crippen molar-refractivity contribution in [3.8, 4) is 0 Å². The molecule has 3 amide bonds. The zero-order chi connectivity index (χ0) is 24.8. The number of anilines is 1. The number of hydrogen-bond donors (Lipinski definition) is 2. The maximum absolute atomic E-state index is 12.7. The summed E-state index contributed by atoms with van der Waals surface area (Å²) >= 11 is 5.89. The molecule has 35 heavy (non-hydrogen) atoms. The van der Waals surface area contributed by atoms with Gasteiger partial charge in [0, 0.05) is 49.6 Å². The average Bonchev–Trinajstić information content (AvgIpc) is 3.28. The lowest BCUT2D eigenvalue weighted by Crippen LogP contribution is -2.48. The number of benzene rings is 2. The van der Waals surface area contributed by atoms with Crippen LogP contribution >= 0.6 is 11.6 Å². The molecule has 2 N–H and O–H groups in total. The summed E-state index contributed by atoms with van der Waals surface area (Å²) in [6, 6.07) is 13.6. The van der Waals surface area contributed by atoms with Gasteiger partial charge in [-0.05, 0) is 48.9 Å². The Morgan fingerprint density at radius 3 is 2.43 bits per heavy atom. The highest BCUT2D eigenvalue weighted by Gasteiger charge is 2.44. The van der Waals surface area contributed by atoms with Crippen molar-refractivity contribution in [1.82, 2.24) is 10.2 Å². The normalized spacial score (nSPS) is 16.3. The van der Waals surface area contributed by atoms with E-state index < -0.39 is 11.6 Å². The molecule has 2 heterocycles. The van der Waals surface area contributed by atoms with Gasteiger partial charge in [-0.2, -0.15) is 0 Å². The molecule has 2 aromatic rings. The first-order valence-electron chi connectivity index (χ1n) is 11.5. The topological polar surface area (TPSA) is 109 Å².